The van der Waals surface area contributed by atoms with Crippen LogP contribution in [0.25, 0.3) is 0 Å². The zero-order valence-electron chi connectivity index (χ0n) is 22.6. The first kappa shape index (κ1) is 29.1. The average molecular weight is 592 g/mol. The van der Waals surface area contributed by atoms with Gasteiger partial charge in [0.05, 0.1) is 28.8 Å². The fourth-order valence-electron chi connectivity index (χ4n) is 4.11. The number of unbranched alkanes of at least 4 members (excludes halogenated alkanes) is 1. The molecule has 0 amide bonds. The maximum Gasteiger partial charge on any atom is 0.338 e. The molecular weight excluding hydrogens is 559 g/mol. The Bertz CT molecular complexity index is 1380. The molecule has 1 atom stereocenters. The highest BCUT2D eigenvalue weighted by atomic mass is 35.5. The Balaban J connectivity index is 1.69. The number of benzene rings is 2. The van der Waals surface area contributed by atoms with E-state index in [0.29, 0.717) is 43.9 Å². The van der Waals surface area contributed by atoms with E-state index in [9.17, 15) is 4.79 Å². The van der Waals surface area contributed by atoms with Gasteiger partial charge >= 0.3 is 5.97 Å². The number of ether oxygens (including phenoxy) is 3. The molecule has 1 aromatic heterocycles. The summed E-state index contributed by atoms with van der Waals surface area (Å²) in [5.41, 5.74) is 2.76. The van der Waals surface area contributed by atoms with Crippen LogP contribution in [0, 0.1) is 0 Å². The zero-order valence-corrected chi connectivity index (χ0v) is 24.9. The lowest BCUT2D eigenvalue weighted by molar-refractivity contribution is -0.143. The van der Waals surface area contributed by atoms with Crippen molar-refractivity contribution in [2.75, 3.05) is 18.2 Å². The van der Waals surface area contributed by atoms with E-state index in [2.05, 4.69) is 17.2 Å². The fraction of sp³-hybridized carbons (Fsp3) is 0.393. The maximum absolute atomic E-state index is 13.3. The van der Waals surface area contributed by atoms with Crippen molar-refractivity contribution in [2.45, 2.75) is 64.4 Å². The van der Waals surface area contributed by atoms with Gasteiger partial charge in [-0.1, -0.05) is 60.4 Å². The first-order valence-electron chi connectivity index (χ1n) is 12.7. The van der Waals surface area contributed by atoms with Crippen molar-refractivity contribution in [3.05, 3.63) is 68.8 Å². The zero-order chi connectivity index (χ0) is 28.1. The van der Waals surface area contributed by atoms with Gasteiger partial charge < -0.3 is 19.5 Å². The quantitative estimate of drug-likeness (QED) is 0.141. The fourth-order valence-corrected chi connectivity index (χ4v) is 5.35. The van der Waals surface area contributed by atoms with Gasteiger partial charge in [-0.25, -0.2) is 9.48 Å². The highest BCUT2D eigenvalue weighted by molar-refractivity contribution is 7.99. The minimum atomic E-state index is -0.571. The molecule has 4 rings (SSSR count). The van der Waals surface area contributed by atoms with E-state index < -0.39 is 12.0 Å². The molecule has 2 aromatic carbocycles. The lowest BCUT2D eigenvalue weighted by Gasteiger charge is -2.29. The molecule has 1 aliphatic heterocycles. The van der Waals surface area contributed by atoms with E-state index in [1.807, 2.05) is 45.0 Å². The second-order valence-electron chi connectivity index (χ2n) is 9.33. The molecule has 1 unspecified atom stereocenters. The van der Waals surface area contributed by atoms with E-state index in [1.165, 1.54) is 0 Å². The van der Waals surface area contributed by atoms with Gasteiger partial charge in [-0.2, -0.15) is 4.98 Å². The van der Waals surface area contributed by atoms with Crippen LogP contribution in [0.3, 0.4) is 0 Å². The molecule has 0 spiro atoms. The monoisotopic (exact) mass is 590 g/mol. The van der Waals surface area contributed by atoms with Crippen molar-refractivity contribution >= 4 is 46.9 Å². The number of halogens is 2. The Morgan fingerprint density at radius 1 is 1.15 bits per heavy atom. The number of carbonyl (C=O) groups is 1. The standard InChI is InChI=1S/C28H32Cl2N4O4S/c1-6-7-12-39-28-32-27-31-17(4)24(26(35)38-16(2)3)25(34(27)33-28)19-9-11-22(23(14-19)36-5)37-15-18-8-10-20(29)21(30)13-18/h8-11,13-14,16,25H,6-7,12,15H2,1-5H3,(H,31,32,33). The number of anilines is 1. The van der Waals surface area contributed by atoms with Gasteiger partial charge in [0.2, 0.25) is 11.1 Å². The van der Waals surface area contributed by atoms with E-state index in [4.69, 9.17) is 42.5 Å². The largest absolute Gasteiger partial charge is 0.493 e. The Morgan fingerprint density at radius 3 is 2.64 bits per heavy atom. The minimum Gasteiger partial charge on any atom is -0.493 e. The van der Waals surface area contributed by atoms with Crippen LogP contribution in [-0.2, 0) is 16.1 Å². The van der Waals surface area contributed by atoms with Gasteiger partial charge in [-0.3, -0.25) is 0 Å². The van der Waals surface area contributed by atoms with E-state index in [0.717, 1.165) is 29.7 Å². The van der Waals surface area contributed by atoms with Gasteiger partial charge in [0.25, 0.3) is 0 Å². The lowest BCUT2D eigenvalue weighted by atomic mass is 9.95. The van der Waals surface area contributed by atoms with Crippen molar-refractivity contribution in [3.63, 3.8) is 0 Å². The van der Waals surface area contributed by atoms with Crippen LogP contribution in [0.1, 0.15) is 57.7 Å². The molecule has 3 aromatic rings. The van der Waals surface area contributed by atoms with Crippen molar-refractivity contribution in [1.82, 2.24) is 14.8 Å². The number of thioether (sulfide) groups is 1. The van der Waals surface area contributed by atoms with Crippen LogP contribution in [0.2, 0.25) is 10.0 Å². The number of aromatic nitrogens is 3. The predicted octanol–water partition coefficient (Wildman–Crippen LogP) is 7.31. The number of carbonyl (C=O) groups excluding carboxylic acids is 1. The normalized spacial score (nSPS) is 14.7. The summed E-state index contributed by atoms with van der Waals surface area (Å²) in [6.45, 7) is 7.92. The molecule has 0 saturated heterocycles. The maximum atomic E-state index is 13.3. The number of allylic oxidation sites excluding steroid dienone is 1. The molecule has 0 aliphatic carbocycles. The second-order valence-corrected chi connectivity index (χ2v) is 11.2. The number of esters is 1. The van der Waals surface area contributed by atoms with E-state index in [-0.39, 0.29) is 12.7 Å². The van der Waals surface area contributed by atoms with Crippen LogP contribution < -0.4 is 14.8 Å². The summed E-state index contributed by atoms with van der Waals surface area (Å²) in [7, 11) is 1.58. The molecule has 0 bridgehead atoms. The van der Waals surface area contributed by atoms with Crippen LogP contribution in [-0.4, -0.2) is 39.7 Å². The lowest BCUT2D eigenvalue weighted by Crippen LogP contribution is -2.30. The number of rotatable bonds is 11. The average Bonchev–Trinajstić information content (AvgIpc) is 3.30. The smallest absolute Gasteiger partial charge is 0.338 e. The van der Waals surface area contributed by atoms with Crippen LogP contribution in [0.15, 0.2) is 52.8 Å². The van der Waals surface area contributed by atoms with E-state index >= 15 is 0 Å². The number of nitrogens with one attached hydrogen (secondary N) is 1. The molecule has 0 fully saturated rings. The summed E-state index contributed by atoms with van der Waals surface area (Å²) >= 11 is 13.8. The third kappa shape index (κ3) is 6.83. The Labute approximate surface area is 243 Å². The summed E-state index contributed by atoms with van der Waals surface area (Å²) in [5.74, 6) is 2.12. The van der Waals surface area contributed by atoms with Crippen LogP contribution in [0.5, 0.6) is 11.5 Å². The van der Waals surface area contributed by atoms with E-state index in [1.54, 1.807) is 35.7 Å². The number of fused-ring (bicyclic) bond motifs is 1. The van der Waals surface area contributed by atoms with Crippen LogP contribution >= 0.6 is 35.0 Å². The third-order valence-electron chi connectivity index (χ3n) is 6.01. The highest BCUT2D eigenvalue weighted by Crippen LogP contribution is 2.40. The van der Waals surface area contributed by atoms with Crippen LogP contribution in [0.4, 0.5) is 5.95 Å². The molecule has 1 N–H and O–H groups in total. The topological polar surface area (TPSA) is 87.5 Å². The Hall–Kier alpha value is -2.88. The molecule has 2 heterocycles. The van der Waals surface area contributed by atoms with Crippen molar-refractivity contribution in [2.24, 2.45) is 0 Å². The second kappa shape index (κ2) is 13.0. The molecule has 208 valence electrons. The number of hydrogen-bond donors (Lipinski definition) is 1. The molecule has 0 radical (unpaired) electrons. The summed E-state index contributed by atoms with van der Waals surface area (Å²) < 4.78 is 19.1. The molecule has 8 nitrogen and oxygen atoms in total. The number of hydrogen-bond acceptors (Lipinski definition) is 8. The number of nitrogens with zero attached hydrogens (tertiary/aromatic N) is 3. The molecule has 11 heteroatoms. The first-order chi connectivity index (χ1) is 18.7. The summed E-state index contributed by atoms with van der Waals surface area (Å²) in [6, 6.07) is 10.4. The third-order valence-corrected chi connectivity index (χ3v) is 7.67. The van der Waals surface area contributed by atoms with Gasteiger partial charge in [-0.15, -0.1) is 5.10 Å². The Kier molecular flexibility index (Phi) is 9.69. The number of methoxy groups -OCH3 is 1. The minimum absolute atomic E-state index is 0.274. The summed E-state index contributed by atoms with van der Waals surface area (Å²) in [5, 5.41) is 9.60. The van der Waals surface area contributed by atoms with Crippen molar-refractivity contribution in [3.8, 4) is 11.5 Å². The molecular formula is C28H32Cl2N4O4S. The first-order valence-corrected chi connectivity index (χ1v) is 14.5. The van der Waals surface area contributed by atoms with Gasteiger partial charge in [0, 0.05) is 11.4 Å². The highest BCUT2D eigenvalue weighted by Gasteiger charge is 2.36. The Morgan fingerprint density at radius 2 is 1.95 bits per heavy atom. The molecule has 1 aliphatic rings. The molecule has 39 heavy (non-hydrogen) atoms. The van der Waals surface area contributed by atoms with Gasteiger partial charge in [0.1, 0.15) is 12.6 Å². The predicted molar refractivity (Wildman–Crippen MR) is 155 cm³/mol. The van der Waals surface area contributed by atoms with Crippen molar-refractivity contribution in [1.29, 1.82) is 0 Å². The van der Waals surface area contributed by atoms with Gasteiger partial charge in [0.15, 0.2) is 11.5 Å². The summed E-state index contributed by atoms with van der Waals surface area (Å²) in [6.07, 6.45) is 1.88. The van der Waals surface area contributed by atoms with Gasteiger partial charge in [-0.05, 0) is 62.6 Å². The summed E-state index contributed by atoms with van der Waals surface area (Å²) in [4.78, 5) is 18.0. The SMILES string of the molecule is CCCCSc1nc2n(n1)C(c1ccc(OCc3ccc(Cl)c(Cl)c3)c(OC)c1)C(C(=O)OC(C)C)=C(C)N2. The molecule has 0 saturated carbocycles. The van der Waals surface area contributed by atoms with Crippen molar-refractivity contribution < 1.29 is 19.0 Å².